The number of hydrogen-bond acceptors (Lipinski definition) is 6. The Hall–Kier alpha value is -2.06. The minimum absolute atomic E-state index is 0.0682. The summed E-state index contributed by atoms with van der Waals surface area (Å²) in [6.45, 7) is 6.10. The van der Waals surface area contributed by atoms with Crippen LogP contribution in [0.1, 0.15) is 11.3 Å². The molecule has 2 aromatic rings. The first-order valence-corrected chi connectivity index (χ1v) is 8.51. The molecule has 0 saturated carbocycles. The van der Waals surface area contributed by atoms with Crippen LogP contribution in [0.4, 0.5) is 11.5 Å². The van der Waals surface area contributed by atoms with E-state index in [2.05, 4.69) is 35.7 Å². The maximum Gasteiger partial charge on any atom is 0.290 e. The maximum atomic E-state index is 10.9. The summed E-state index contributed by atoms with van der Waals surface area (Å²) in [6, 6.07) is 5.82. The highest BCUT2D eigenvalue weighted by Crippen LogP contribution is 2.22. The molecule has 0 N–H and O–H groups in total. The molecular formula is C16H18BrN5O2. The topological polar surface area (TPSA) is 75.4 Å². The van der Waals surface area contributed by atoms with Crippen LogP contribution in [-0.2, 0) is 6.54 Å². The quantitative estimate of drug-likeness (QED) is 0.589. The Labute approximate surface area is 148 Å². The third-order valence-electron chi connectivity index (χ3n) is 4.14. The van der Waals surface area contributed by atoms with E-state index in [1.165, 1.54) is 6.20 Å². The SMILES string of the molecule is Cc1cc(N2CCN(Cc3ccc(Br)cn3)CC2)ncc1[N+](=O)[O-]. The van der Waals surface area contributed by atoms with Crippen molar-refractivity contribution in [1.82, 2.24) is 14.9 Å². The van der Waals surface area contributed by atoms with Crippen LogP contribution < -0.4 is 4.90 Å². The Morgan fingerprint density at radius 1 is 1.21 bits per heavy atom. The van der Waals surface area contributed by atoms with Gasteiger partial charge in [-0.3, -0.25) is 20.0 Å². The van der Waals surface area contributed by atoms with E-state index in [1.54, 1.807) is 13.0 Å². The van der Waals surface area contributed by atoms with Crippen LogP contribution in [0.25, 0.3) is 0 Å². The van der Waals surface area contributed by atoms with E-state index in [-0.39, 0.29) is 5.69 Å². The highest BCUT2D eigenvalue weighted by molar-refractivity contribution is 9.10. The van der Waals surface area contributed by atoms with E-state index in [0.29, 0.717) is 5.56 Å². The molecular weight excluding hydrogens is 374 g/mol. The summed E-state index contributed by atoms with van der Waals surface area (Å²) in [5.74, 6) is 0.805. The van der Waals surface area contributed by atoms with Gasteiger partial charge in [-0.25, -0.2) is 4.98 Å². The van der Waals surface area contributed by atoms with Crippen LogP contribution in [0.5, 0.6) is 0 Å². The van der Waals surface area contributed by atoms with Crippen LogP contribution in [-0.4, -0.2) is 46.0 Å². The number of aryl methyl sites for hydroxylation is 1. The Bertz CT molecular complexity index is 730. The molecule has 3 heterocycles. The molecule has 0 amide bonds. The fraction of sp³-hybridized carbons (Fsp3) is 0.375. The van der Waals surface area contributed by atoms with Gasteiger partial charge in [-0.05, 0) is 41.1 Å². The predicted octanol–water partition coefficient (Wildman–Crippen LogP) is 2.78. The second-order valence-corrected chi connectivity index (χ2v) is 6.73. The zero-order chi connectivity index (χ0) is 17.1. The summed E-state index contributed by atoms with van der Waals surface area (Å²) in [4.78, 5) is 23.7. The lowest BCUT2D eigenvalue weighted by Crippen LogP contribution is -2.46. The summed E-state index contributed by atoms with van der Waals surface area (Å²) in [6.07, 6.45) is 3.16. The van der Waals surface area contributed by atoms with Crippen molar-refractivity contribution in [2.75, 3.05) is 31.1 Å². The summed E-state index contributed by atoms with van der Waals surface area (Å²) < 4.78 is 0.982. The summed E-state index contributed by atoms with van der Waals surface area (Å²) >= 11 is 3.39. The zero-order valence-corrected chi connectivity index (χ0v) is 14.9. The number of nitro groups is 1. The van der Waals surface area contributed by atoms with Crippen LogP contribution in [0.15, 0.2) is 35.1 Å². The number of halogens is 1. The number of hydrogen-bond donors (Lipinski definition) is 0. The molecule has 0 aromatic carbocycles. The highest BCUT2D eigenvalue weighted by Gasteiger charge is 2.20. The van der Waals surface area contributed by atoms with Gasteiger partial charge in [0.2, 0.25) is 0 Å². The van der Waals surface area contributed by atoms with Crippen LogP contribution >= 0.6 is 15.9 Å². The molecule has 0 atom stereocenters. The molecule has 7 nitrogen and oxygen atoms in total. The number of rotatable bonds is 4. The van der Waals surface area contributed by atoms with Gasteiger partial charge in [0.1, 0.15) is 12.0 Å². The minimum atomic E-state index is -0.394. The van der Waals surface area contributed by atoms with Gasteiger partial charge in [0.05, 0.1) is 10.6 Å². The lowest BCUT2D eigenvalue weighted by molar-refractivity contribution is -0.385. The Morgan fingerprint density at radius 2 is 1.96 bits per heavy atom. The van der Waals surface area contributed by atoms with E-state index in [1.807, 2.05) is 18.3 Å². The molecule has 3 rings (SSSR count). The number of pyridine rings is 2. The Kier molecular flexibility index (Phi) is 5.06. The van der Waals surface area contributed by atoms with Crippen molar-refractivity contribution in [3.05, 3.63) is 56.4 Å². The molecule has 126 valence electrons. The van der Waals surface area contributed by atoms with Gasteiger partial charge >= 0.3 is 0 Å². The number of anilines is 1. The summed E-state index contributed by atoms with van der Waals surface area (Å²) in [5, 5.41) is 10.9. The molecule has 24 heavy (non-hydrogen) atoms. The first kappa shape index (κ1) is 16.8. The number of piperazine rings is 1. The van der Waals surface area contributed by atoms with Crippen molar-refractivity contribution >= 4 is 27.4 Å². The van der Waals surface area contributed by atoms with Crippen molar-refractivity contribution in [3.63, 3.8) is 0 Å². The lowest BCUT2D eigenvalue weighted by Gasteiger charge is -2.35. The summed E-state index contributed by atoms with van der Waals surface area (Å²) in [7, 11) is 0. The van der Waals surface area contributed by atoms with Gasteiger partial charge in [0, 0.05) is 49.0 Å². The monoisotopic (exact) mass is 391 g/mol. The van der Waals surface area contributed by atoms with Crippen LogP contribution in [0, 0.1) is 17.0 Å². The highest BCUT2D eigenvalue weighted by atomic mass is 79.9. The molecule has 1 aliphatic rings. The third-order valence-corrected chi connectivity index (χ3v) is 4.61. The van der Waals surface area contributed by atoms with Crippen molar-refractivity contribution in [3.8, 4) is 0 Å². The van der Waals surface area contributed by atoms with Crippen LogP contribution in [0.2, 0.25) is 0 Å². The fourth-order valence-corrected chi connectivity index (χ4v) is 3.00. The lowest BCUT2D eigenvalue weighted by atomic mass is 10.2. The van der Waals surface area contributed by atoms with Gasteiger partial charge in [0.15, 0.2) is 0 Å². The maximum absolute atomic E-state index is 10.9. The third kappa shape index (κ3) is 3.88. The summed E-state index contributed by atoms with van der Waals surface area (Å²) in [5.41, 5.74) is 1.76. The molecule has 1 saturated heterocycles. The Balaban J connectivity index is 1.59. The number of nitrogens with zero attached hydrogens (tertiary/aromatic N) is 5. The molecule has 8 heteroatoms. The van der Waals surface area contributed by atoms with Gasteiger partial charge in [-0.1, -0.05) is 0 Å². The van der Waals surface area contributed by atoms with Crippen molar-refractivity contribution in [2.45, 2.75) is 13.5 Å². The first-order chi connectivity index (χ1) is 11.5. The van der Waals surface area contributed by atoms with E-state index in [4.69, 9.17) is 0 Å². The average molecular weight is 392 g/mol. The second-order valence-electron chi connectivity index (χ2n) is 5.82. The predicted molar refractivity (Wildman–Crippen MR) is 95.1 cm³/mol. The fourth-order valence-electron chi connectivity index (χ4n) is 2.76. The molecule has 1 fully saturated rings. The first-order valence-electron chi connectivity index (χ1n) is 7.72. The smallest absolute Gasteiger partial charge is 0.290 e. The van der Waals surface area contributed by atoms with Crippen molar-refractivity contribution < 1.29 is 4.92 Å². The van der Waals surface area contributed by atoms with E-state index in [0.717, 1.165) is 48.7 Å². The van der Waals surface area contributed by atoms with Crippen molar-refractivity contribution in [2.24, 2.45) is 0 Å². The largest absolute Gasteiger partial charge is 0.354 e. The normalized spacial score (nSPS) is 15.5. The van der Waals surface area contributed by atoms with Crippen LogP contribution in [0.3, 0.4) is 0 Å². The molecule has 0 spiro atoms. The van der Waals surface area contributed by atoms with Gasteiger partial charge in [-0.15, -0.1) is 0 Å². The second kappa shape index (κ2) is 7.23. The molecule has 1 aliphatic heterocycles. The average Bonchev–Trinajstić information content (AvgIpc) is 2.57. The van der Waals surface area contributed by atoms with E-state index >= 15 is 0 Å². The van der Waals surface area contributed by atoms with Gasteiger partial charge in [-0.2, -0.15) is 0 Å². The Morgan fingerprint density at radius 3 is 2.54 bits per heavy atom. The molecule has 0 radical (unpaired) electrons. The molecule has 0 unspecified atom stereocenters. The van der Waals surface area contributed by atoms with Gasteiger partial charge in [0.25, 0.3) is 5.69 Å². The van der Waals surface area contributed by atoms with E-state index in [9.17, 15) is 10.1 Å². The standard InChI is InChI=1S/C16H18BrN5O2/c1-12-8-16(19-10-15(12)22(23)24)21-6-4-20(5-7-21)11-14-3-2-13(17)9-18-14/h2-3,8-10H,4-7,11H2,1H3. The molecule has 0 bridgehead atoms. The minimum Gasteiger partial charge on any atom is -0.354 e. The van der Waals surface area contributed by atoms with E-state index < -0.39 is 4.92 Å². The molecule has 0 aliphatic carbocycles. The zero-order valence-electron chi connectivity index (χ0n) is 13.4. The van der Waals surface area contributed by atoms with Crippen molar-refractivity contribution in [1.29, 1.82) is 0 Å². The molecule has 2 aromatic heterocycles. The van der Waals surface area contributed by atoms with Gasteiger partial charge < -0.3 is 4.90 Å². The number of aromatic nitrogens is 2.